The average Bonchev–Trinajstić information content (AvgIpc) is 3.45. The van der Waals surface area contributed by atoms with Crippen LogP contribution in [0.5, 0.6) is 0 Å². The average molecular weight is 1100 g/mol. The standard InChI is InChI=1S/C73H122O6/c1-4-7-10-13-16-19-22-25-28-31-34-36-39-42-45-48-51-54-57-60-63-66-72(75)78-69-70(68-77-71(74)65-62-59-56-53-50-47-44-41-38-33-30-27-24-21-18-15-12-9-6-3)79-73(76)67-64-61-58-55-52-49-46-43-40-37-35-32-29-26-23-20-17-14-11-8-5-2/h7-8,10-11,16-17,19-20,25-26,28-29,34-37,42,45,51,54,70H,4-6,9,12-15,18,21-24,27,30-33,38-41,43-44,46-50,52-53,55-69H2,1-3H3/b10-7-,11-8-,19-16-,20-17-,28-25-,29-26-,36-34-,37-35-,45-42-,54-51-. The minimum atomic E-state index is -0.805. The summed E-state index contributed by atoms with van der Waals surface area (Å²) >= 11 is 0. The van der Waals surface area contributed by atoms with E-state index in [-0.39, 0.29) is 31.1 Å². The fourth-order valence-electron chi connectivity index (χ4n) is 9.09. The highest BCUT2D eigenvalue weighted by Crippen LogP contribution is 2.17. The van der Waals surface area contributed by atoms with Gasteiger partial charge in [0.2, 0.25) is 0 Å². The zero-order valence-corrected chi connectivity index (χ0v) is 51.6. The van der Waals surface area contributed by atoms with Crippen LogP contribution >= 0.6 is 0 Å². The molecule has 0 aromatic carbocycles. The van der Waals surface area contributed by atoms with Crippen molar-refractivity contribution in [2.75, 3.05) is 13.2 Å². The summed E-state index contributed by atoms with van der Waals surface area (Å²) in [7, 11) is 0. The quantitative estimate of drug-likeness (QED) is 0.0261. The van der Waals surface area contributed by atoms with Crippen molar-refractivity contribution in [3.8, 4) is 0 Å². The second-order valence-electron chi connectivity index (χ2n) is 21.6. The molecule has 6 heteroatoms. The van der Waals surface area contributed by atoms with Crippen molar-refractivity contribution in [3.63, 3.8) is 0 Å². The van der Waals surface area contributed by atoms with Crippen molar-refractivity contribution in [2.45, 2.75) is 309 Å². The molecular weight excluding hydrogens is 973 g/mol. The minimum absolute atomic E-state index is 0.0953. The second kappa shape index (κ2) is 66.3. The molecule has 0 fully saturated rings. The lowest BCUT2D eigenvalue weighted by Crippen LogP contribution is -2.30. The summed E-state index contributed by atoms with van der Waals surface area (Å²) in [6.07, 6.45) is 92.0. The Balaban J connectivity index is 4.48. The molecule has 1 unspecified atom stereocenters. The lowest BCUT2D eigenvalue weighted by atomic mass is 10.0. The highest BCUT2D eigenvalue weighted by molar-refractivity contribution is 5.71. The molecule has 0 aromatic rings. The number of ether oxygens (including phenoxy) is 3. The maximum absolute atomic E-state index is 12.9. The van der Waals surface area contributed by atoms with Gasteiger partial charge in [0.15, 0.2) is 6.10 Å². The molecule has 0 aliphatic carbocycles. The maximum atomic E-state index is 12.9. The van der Waals surface area contributed by atoms with Gasteiger partial charge in [0.1, 0.15) is 13.2 Å². The largest absolute Gasteiger partial charge is 0.462 e. The van der Waals surface area contributed by atoms with Crippen LogP contribution < -0.4 is 0 Å². The highest BCUT2D eigenvalue weighted by atomic mass is 16.6. The number of unbranched alkanes of at least 4 members (excludes halogenated alkanes) is 28. The Morgan fingerprint density at radius 2 is 0.494 bits per heavy atom. The minimum Gasteiger partial charge on any atom is -0.462 e. The molecule has 0 aromatic heterocycles. The molecular formula is C73H122O6. The first kappa shape index (κ1) is 74.8. The van der Waals surface area contributed by atoms with E-state index in [2.05, 4.69) is 142 Å². The molecule has 79 heavy (non-hydrogen) atoms. The molecule has 0 spiro atoms. The topological polar surface area (TPSA) is 78.9 Å². The first-order chi connectivity index (χ1) is 39.0. The highest BCUT2D eigenvalue weighted by Gasteiger charge is 2.19. The van der Waals surface area contributed by atoms with Gasteiger partial charge in [-0.1, -0.05) is 296 Å². The SMILES string of the molecule is CC/C=C\C/C=C\C/C=C\C/C=C\C/C=C\C/C=C\CCCCC(=O)OCC(COC(=O)CCCCCCCCCCCCCCCCCCCCC)OC(=O)CCCCCCCCCC/C=C\C/C=C\C/C=C\C/C=C\CC. The van der Waals surface area contributed by atoms with Crippen LogP contribution in [0.2, 0.25) is 0 Å². The van der Waals surface area contributed by atoms with Crippen LogP contribution in [0.15, 0.2) is 122 Å². The molecule has 6 nitrogen and oxygen atoms in total. The van der Waals surface area contributed by atoms with Crippen LogP contribution in [0.1, 0.15) is 303 Å². The van der Waals surface area contributed by atoms with Crippen LogP contribution in [0.3, 0.4) is 0 Å². The molecule has 450 valence electrons. The van der Waals surface area contributed by atoms with Crippen molar-refractivity contribution in [3.05, 3.63) is 122 Å². The number of rotatable bonds is 59. The predicted molar refractivity (Wildman–Crippen MR) is 343 cm³/mol. The summed E-state index contributed by atoms with van der Waals surface area (Å²) in [5.41, 5.74) is 0. The van der Waals surface area contributed by atoms with E-state index < -0.39 is 6.10 Å². The third-order valence-electron chi connectivity index (χ3n) is 14.0. The molecule has 0 rings (SSSR count). The van der Waals surface area contributed by atoms with Crippen molar-refractivity contribution < 1.29 is 28.6 Å². The van der Waals surface area contributed by atoms with Gasteiger partial charge in [-0.05, 0) is 109 Å². The van der Waals surface area contributed by atoms with Gasteiger partial charge in [-0.15, -0.1) is 0 Å². The number of carbonyl (C=O) groups is 3. The van der Waals surface area contributed by atoms with E-state index in [1.54, 1.807) is 0 Å². The van der Waals surface area contributed by atoms with Gasteiger partial charge in [-0.3, -0.25) is 14.4 Å². The summed E-state index contributed by atoms with van der Waals surface area (Å²) in [6.45, 7) is 6.40. The monoisotopic (exact) mass is 1090 g/mol. The van der Waals surface area contributed by atoms with Gasteiger partial charge in [-0.25, -0.2) is 0 Å². The zero-order chi connectivity index (χ0) is 57.1. The molecule has 0 saturated heterocycles. The Morgan fingerprint density at radius 3 is 0.797 bits per heavy atom. The Hall–Kier alpha value is -4.19. The van der Waals surface area contributed by atoms with Crippen LogP contribution in [0, 0.1) is 0 Å². The molecule has 0 saturated carbocycles. The Kier molecular flexibility index (Phi) is 62.8. The number of allylic oxidation sites excluding steroid dienone is 20. The molecule has 0 heterocycles. The molecule has 0 amide bonds. The summed E-state index contributed by atoms with van der Waals surface area (Å²) < 4.78 is 16.9. The van der Waals surface area contributed by atoms with E-state index in [1.165, 1.54) is 135 Å². The summed E-state index contributed by atoms with van der Waals surface area (Å²) in [5, 5.41) is 0. The Bertz CT molecular complexity index is 1640. The number of esters is 3. The van der Waals surface area contributed by atoms with Crippen molar-refractivity contribution in [2.24, 2.45) is 0 Å². The zero-order valence-electron chi connectivity index (χ0n) is 51.6. The third kappa shape index (κ3) is 64.5. The van der Waals surface area contributed by atoms with Crippen molar-refractivity contribution >= 4 is 17.9 Å². The first-order valence-electron chi connectivity index (χ1n) is 33.0. The van der Waals surface area contributed by atoms with Crippen LogP contribution in [-0.2, 0) is 28.6 Å². The fourth-order valence-corrected chi connectivity index (χ4v) is 9.09. The first-order valence-corrected chi connectivity index (χ1v) is 33.0. The molecule has 0 aliphatic heterocycles. The van der Waals surface area contributed by atoms with Crippen LogP contribution in [0.4, 0.5) is 0 Å². The van der Waals surface area contributed by atoms with Crippen molar-refractivity contribution in [1.82, 2.24) is 0 Å². The van der Waals surface area contributed by atoms with Crippen molar-refractivity contribution in [1.29, 1.82) is 0 Å². The van der Waals surface area contributed by atoms with Gasteiger partial charge in [0.05, 0.1) is 0 Å². The lowest BCUT2D eigenvalue weighted by Gasteiger charge is -2.18. The molecule has 1 atom stereocenters. The summed E-state index contributed by atoms with van der Waals surface area (Å²) in [6, 6.07) is 0. The van der Waals surface area contributed by atoms with Gasteiger partial charge in [0.25, 0.3) is 0 Å². The van der Waals surface area contributed by atoms with Gasteiger partial charge < -0.3 is 14.2 Å². The van der Waals surface area contributed by atoms with Crippen LogP contribution in [0.25, 0.3) is 0 Å². The lowest BCUT2D eigenvalue weighted by molar-refractivity contribution is -0.167. The van der Waals surface area contributed by atoms with Gasteiger partial charge in [-0.2, -0.15) is 0 Å². The molecule has 0 bridgehead atoms. The number of hydrogen-bond acceptors (Lipinski definition) is 6. The third-order valence-corrected chi connectivity index (χ3v) is 14.0. The maximum Gasteiger partial charge on any atom is 0.306 e. The second-order valence-corrected chi connectivity index (χ2v) is 21.6. The Morgan fingerprint density at radius 1 is 0.266 bits per heavy atom. The molecule has 0 N–H and O–H groups in total. The van der Waals surface area contributed by atoms with E-state index in [0.29, 0.717) is 19.3 Å². The van der Waals surface area contributed by atoms with E-state index >= 15 is 0 Å². The fraction of sp³-hybridized carbons (Fsp3) is 0.685. The molecule has 0 radical (unpaired) electrons. The predicted octanol–water partition coefficient (Wildman–Crippen LogP) is 22.8. The summed E-state index contributed by atoms with van der Waals surface area (Å²) in [4.78, 5) is 38.4. The van der Waals surface area contributed by atoms with E-state index in [4.69, 9.17) is 14.2 Å². The van der Waals surface area contributed by atoms with Gasteiger partial charge >= 0.3 is 17.9 Å². The van der Waals surface area contributed by atoms with E-state index in [1.807, 2.05) is 0 Å². The smallest absolute Gasteiger partial charge is 0.306 e. The number of carbonyl (C=O) groups excluding carboxylic acids is 3. The normalized spacial score (nSPS) is 12.9. The van der Waals surface area contributed by atoms with Crippen LogP contribution in [-0.4, -0.2) is 37.2 Å². The number of hydrogen-bond donors (Lipinski definition) is 0. The van der Waals surface area contributed by atoms with Gasteiger partial charge in [0, 0.05) is 19.3 Å². The molecule has 0 aliphatic rings. The van der Waals surface area contributed by atoms with E-state index in [9.17, 15) is 14.4 Å². The van der Waals surface area contributed by atoms with E-state index in [0.717, 1.165) is 128 Å². The Labute approximate surface area is 488 Å². The summed E-state index contributed by atoms with van der Waals surface area (Å²) in [5.74, 6) is -0.939.